The van der Waals surface area contributed by atoms with Crippen LogP contribution >= 0.6 is 0 Å². The molecular weight excluding hydrogens is 452 g/mol. The Balaban J connectivity index is 1.82. The first kappa shape index (κ1) is 23.4. The number of phenols is 3. The summed E-state index contributed by atoms with van der Waals surface area (Å²) >= 11 is 0. The molecule has 5 atom stereocenters. The third kappa shape index (κ3) is 4.23. The number of fused-ring (bicyclic) bond motifs is 1. The molecule has 1 aromatic heterocycles. The van der Waals surface area contributed by atoms with Crippen LogP contribution in [0.15, 0.2) is 45.6 Å². The molecule has 1 aliphatic heterocycles. The molecule has 5 N–H and O–H groups in total. The standard InChI is InChI=1S/C23H22O11/c1-9-20(32-10(2)24)18(29)19(30)23(31-9)34-22-17(28)16-14(27)7-13(26)8-15(16)33-21(22)11-3-5-12(25)6-4-11/h3-9,18-20,23,25-27,29-30H,1-2H3/t9?,18?,19-,20-,23-/m0/s1. The summed E-state index contributed by atoms with van der Waals surface area (Å²) in [5, 5.41) is 50.4. The van der Waals surface area contributed by atoms with E-state index in [4.69, 9.17) is 18.6 Å². The van der Waals surface area contributed by atoms with Gasteiger partial charge in [-0.3, -0.25) is 9.59 Å². The van der Waals surface area contributed by atoms with Crippen molar-refractivity contribution in [1.29, 1.82) is 0 Å². The third-order valence-corrected chi connectivity index (χ3v) is 5.36. The molecular formula is C23H22O11. The topological polar surface area (TPSA) is 176 Å². The number of carbonyl (C=O) groups excluding carboxylic acids is 1. The first-order chi connectivity index (χ1) is 16.1. The number of aromatic hydroxyl groups is 3. The SMILES string of the molecule is CC(=O)O[C@H]1C(C)O[C@@H](Oc2c(-c3ccc(O)cc3)oc3cc(O)cc(O)c3c2=O)[C@@H](O)C1O. The summed E-state index contributed by atoms with van der Waals surface area (Å²) in [6.07, 6.45) is -6.98. The van der Waals surface area contributed by atoms with Crippen LogP contribution in [0, 0.1) is 0 Å². The highest BCUT2D eigenvalue weighted by Crippen LogP contribution is 2.37. The molecule has 0 aliphatic carbocycles. The molecule has 11 heteroatoms. The number of rotatable bonds is 4. The quantitative estimate of drug-likeness (QED) is 0.345. The summed E-state index contributed by atoms with van der Waals surface area (Å²) in [6, 6.07) is 7.62. The number of aliphatic hydroxyl groups excluding tert-OH is 2. The van der Waals surface area contributed by atoms with Gasteiger partial charge < -0.3 is 44.2 Å². The molecule has 0 radical (unpaired) electrons. The molecule has 1 aliphatic rings. The Morgan fingerprint density at radius 2 is 1.68 bits per heavy atom. The van der Waals surface area contributed by atoms with Crippen LogP contribution in [0.3, 0.4) is 0 Å². The molecule has 3 aromatic rings. The molecule has 0 spiro atoms. The molecule has 34 heavy (non-hydrogen) atoms. The zero-order valence-electron chi connectivity index (χ0n) is 18.0. The third-order valence-electron chi connectivity index (χ3n) is 5.36. The lowest BCUT2D eigenvalue weighted by Gasteiger charge is -2.40. The van der Waals surface area contributed by atoms with Crippen molar-refractivity contribution >= 4 is 16.9 Å². The average Bonchev–Trinajstić information content (AvgIpc) is 2.76. The van der Waals surface area contributed by atoms with Crippen LogP contribution in [-0.4, -0.2) is 62.2 Å². The molecule has 1 fully saturated rings. The summed E-state index contributed by atoms with van der Waals surface area (Å²) in [4.78, 5) is 24.6. The Morgan fingerprint density at radius 3 is 2.32 bits per heavy atom. The van der Waals surface area contributed by atoms with Gasteiger partial charge in [-0.15, -0.1) is 0 Å². The number of esters is 1. The molecule has 0 saturated carbocycles. The fourth-order valence-electron chi connectivity index (χ4n) is 3.75. The number of hydrogen-bond acceptors (Lipinski definition) is 11. The number of carbonyl (C=O) groups is 1. The van der Waals surface area contributed by atoms with Crippen LogP contribution < -0.4 is 10.2 Å². The predicted octanol–water partition coefficient (Wildman–Crippen LogP) is 1.35. The van der Waals surface area contributed by atoms with Crippen molar-refractivity contribution in [2.45, 2.75) is 44.6 Å². The van der Waals surface area contributed by atoms with E-state index in [9.17, 15) is 35.1 Å². The Hall–Kier alpha value is -3.80. The summed E-state index contributed by atoms with van der Waals surface area (Å²) in [5.74, 6) is -2.27. The van der Waals surface area contributed by atoms with Crippen molar-refractivity contribution in [3.63, 3.8) is 0 Å². The van der Waals surface area contributed by atoms with Gasteiger partial charge in [0.25, 0.3) is 0 Å². The van der Waals surface area contributed by atoms with E-state index in [-0.39, 0.29) is 33.8 Å². The van der Waals surface area contributed by atoms with Gasteiger partial charge in [0.2, 0.25) is 17.5 Å². The van der Waals surface area contributed by atoms with Gasteiger partial charge in [-0.05, 0) is 31.2 Å². The number of phenolic OH excluding ortho intramolecular Hbond substituents is 3. The van der Waals surface area contributed by atoms with Crippen molar-refractivity contribution < 1.29 is 49.0 Å². The lowest BCUT2D eigenvalue weighted by Crippen LogP contribution is -2.59. The molecule has 11 nitrogen and oxygen atoms in total. The summed E-state index contributed by atoms with van der Waals surface area (Å²) in [6.45, 7) is 2.63. The minimum Gasteiger partial charge on any atom is -0.508 e. The van der Waals surface area contributed by atoms with E-state index in [1.165, 1.54) is 31.2 Å². The Morgan fingerprint density at radius 1 is 1.00 bits per heavy atom. The summed E-state index contributed by atoms with van der Waals surface area (Å²) in [5.41, 5.74) is -0.709. The monoisotopic (exact) mass is 474 g/mol. The van der Waals surface area contributed by atoms with E-state index in [2.05, 4.69) is 0 Å². The van der Waals surface area contributed by atoms with Crippen LogP contribution in [0.2, 0.25) is 0 Å². The highest BCUT2D eigenvalue weighted by atomic mass is 16.7. The van der Waals surface area contributed by atoms with Crippen LogP contribution in [0.1, 0.15) is 13.8 Å². The zero-order chi connectivity index (χ0) is 24.7. The predicted molar refractivity (Wildman–Crippen MR) is 115 cm³/mol. The number of benzene rings is 2. The van der Waals surface area contributed by atoms with Crippen molar-refractivity contribution in [2.24, 2.45) is 0 Å². The minimum atomic E-state index is -1.73. The van der Waals surface area contributed by atoms with E-state index in [1.54, 1.807) is 0 Å². The van der Waals surface area contributed by atoms with E-state index in [1.807, 2.05) is 0 Å². The second kappa shape index (κ2) is 8.86. The summed E-state index contributed by atoms with van der Waals surface area (Å²) < 4.78 is 22.0. The fourth-order valence-corrected chi connectivity index (χ4v) is 3.75. The fraction of sp³-hybridized carbons (Fsp3) is 0.304. The molecule has 0 amide bonds. The van der Waals surface area contributed by atoms with E-state index >= 15 is 0 Å². The van der Waals surface area contributed by atoms with E-state index < -0.39 is 53.6 Å². The highest BCUT2D eigenvalue weighted by molar-refractivity contribution is 5.88. The van der Waals surface area contributed by atoms with Gasteiger partial charge in [-0.2, -0.15) is 0 Å². The normalized spacial score (nSPS) is 24.6. The van der Waals surface area contributed by atoms with Crippen LogP contribution in [-0.2, 0) is 14.3 Å². The highest BCUT2D eigenvalue weighted by Gasteiger charge is 2.46. The maximum Gasteiger partial charge on any atom is 0.303 e. The Labute approximate surface area is 192 Å². The van der Waals surface area contributed by atoms with Crippen LogP contribution in [0.4, 0.5) is 0 Å². The van der Waals surface area contributed by atoms with Gasteiger partial charge in [0.05, 0.1) is 6.10 Å². The first-order valence-electron chi connectivity index (χ1n) is 10.2. The first-order valence-corrected chi connectivity index (χ1v) is 10.2. The Kier molecular flexibility index (Phi) is 6.09. The van der Waals surface area contributed by atoms with Gasteiger partial charge in [-0.1, -0.05) is 0 Å². The number of aliphatic hydroxyl groups is 2. The maximum atomic E-state index is 13.3. The van der Waals surface area contributed by atoms with Gasteiger partial charge in [0.1, 0.15) is 40.4 Å². The van der Waals surface area contributed by atoms with Crippen LogP contribution in [0.25, 0.3) is 22.3 Å². The Bertz CT molecular complexity index is 1280. The van der Waals surface area contributed by atoms with Crippen molar-refractivity contribution in [2.75, 3.05) is 0 Å². The second-order valence-corrected chi connectivity index (χ2v) is 7.86. The average molecular weight is 474 g/mol. The van der Waals surface area contributed by atoms with Gasteiger partial charge >= 0.3 is 5.97 Å². The minimum absolute atomic E-state index is 0.0517. The summed E-state index contributed by atoms with van der Waals surface area (Å²) in [7, 11) is 0. The molecule has 2 heterocycles. The van der Waals surface area contributed by atoms with Gasteiger partial charge in [-0.25, -0.2) is 0 Å². The van der Waals surface area contributed by atoms with E-state index in [0.717, 1.165) is 19.1 Å². The van der Waals surface area contributed by atoms with Crippen molar-refractivity contribution in [3.8, 4) is 34.3 Å². The van der Waals surface area contributed by atoms with Gasteiger partial charge in [0.15, 0.2) is 11.9 Å². The van der Waals surface area contributed by atoms with Gasteiger partial charge in [0, 0.05) is 24.6 Å². The smallest absolute Gasteiger partial charge is 0.303 e. The molecule has 0 bridgehead atoms. The second-order valence-electron chi connectivity index (χ2n) is 7.86. The number of hydrogen-bond donors (Lipinski definition) is 5. The zero-order valence-corrected chi connectivity index (χ0v) is 18.0. The molecule has 180 valence electrons. The van der Waals surface area contributed by atoms with E-state index in [0.29, 0.717) is 0 Å². The van der Waals surface area contributed by atoms with Crippen molar-refractivity contribution in [1.82, 2.24) is 0 Å². The molecule has 2 unspecified atom stereocenters. The molecule has 1 saturated heterocycles. The van der Waals surface area contributed by atoms with Crippen LogP contribution in [0.5, 0.6) is 23.0 Å². The lowest BCUT2D eigenvalue weighted by molar-refractivity contribution is -0.272. The largest absolute Gasteiger partial charge is 0.508 e. The van der Waals surface area contributed by atoms with Crippen molar-refractivity contribution in [3.05, 3.63) is 46.6 Å². The lowest BCUT2D eigenvalue weighted by atomic mass is 9.99. The maximum absolute atomic E-state index is 13.3. The molecule has 2 aromatic carbocycles. The molecule has 4 rings (SSSR count). The number of ether oxygens (including phenoxy) is 3.